The van der Waals surface area contributed by atoms with Crippen molar-refractivity contribution in [2.24, 2.45) is 0 Å². The minimum Gasteiger partial charge on any atom is -0.426 e. The van der Waals surface area contributed by atoms with Gasteiger partial charge >= 0.3 is 5.97 Å². The second-order valence-corrected chi connectivity index (χ2v) is 6.70. The van der Waals surface area contributed by atoms with Crippen LogP contribution in [0.5, 0.6) is 0 Å². The lowest BCUT2D eigenvalue weighted by molar-refractivity contribution is -0.134. The first-order valence-electron chi connectivity index (χ1n) is 7.67. The standard InChI is InChI=1S/C19H15NO3S/c1-12(21)23-17-11-24-19-16-9-5-4-8-15(16)18(22)20(19)10-13-6-2-3-7-14(13)17/h2-9,11,19H,10H2,1H3/t19-/m0/s1. The Bertz CT molecular complexity index is 874. The first kappa shape index (κ1) is 15.0. The zero-order valence-electron chi connectivity index (χ0n) is 13.1. The van der Waals surface area contributed by atoms with Crippen LogP contribution in [0.25, 0.3) is 5.76 Å². The van der Waals surface area contributed by atoms with E-state index in [0.29, 0.717) is 12.3 Å². The number of thioether (sulfide) groups is 1. The molecule has 0 aliphatic carbocycles. The number of carbonyl (C=O) groups is 2. The Kier molecular flexibility index (Phi) is 3.65. The molecule has 0 unspecified atom stereocenters. The van der Waals surface area contributed by atoms with Crippen LogP contribution in [0.15, 0.2) is 53.9 Å². The number of hydrogen-bond donors (Lipinski definition) is 0. The molecule has 24 heavy (non-hydrogen) atoms. The van der Waals surface area contributed by atoms with Crippen LogP contribution in [-0.4, -0.2) is 16.8 Å². The minimum atomic E-state index is -0.350. The van der Waals surface area contributed by atoms with Crippen molar-refractivity contribution in [3.8, 4) is 0 Å². The van der Waals surface area contributed by atoms with Crippen LogP contribution in [0.3, 0.4) is 0 Å². The number of ether oxygens (including phenoxy) is 1. The monoisotopic (exact) mass is 337 g/mol. The Morgan fingerprint density at radius 1 is 1.12 bits per heavy atom. The van der Waals surface area contributed by atoms with Gasteiger partial charge in [-0.3, -0.25) is 9.59 Å². The second kappa shape index (κ2) is 5.83. The maximum atomic E-state index is 12.8. The van der Waals surface area contributed by atoms with Gasteiger partial charge < -0.3 is 9.64 Å². The summed E-state index contributed by atoms with van der Waals surface area (Å²) in [5, 5.41) is 1.74. The Balaban J connectivity index is 1.82. The quantitative estimate of drug-likeness (QED) is 0.739. The fourth-order valence-corrected chi connectivity index (χ4v) is 4.24. The maximum Gasteiger partial charge on any atom is 0.308 e. The number of nitrogens with zero attached hydrogens (tertiary/aromatic N) is 1. The summed E-state index contributed by atoms with van der Waals surface area (Å²) in [6.45, 7) is 1.88. The van der Waals surface area contributed by atoms with Gasteiger partial charge in [0.2, 0.25) is 0 Å². The molecule has 5 heteroatoms. The lowest BCUT2D eigenvalue weighted by atomic mass is 10.1. The summed E-state index contributed by atoms with van der Waals surface area (Å²) in [4.78, 5) is 26.1. The van der Waals surface area contributed by atoms with Gasteiger partial charge in [0.05, 0.1) is 0 Å². The van der Waals surface area contributed by atoms with Crippen molar-refractivity contribution in [1.82, 2.24) is 4.90 Å². The third-order valence-electron chi connectivity index (χ3n) is 4.18. The van der Waals surface area contributed by atoms with Crippen molar-refractivity contribution in [3.63, 3.8) is 0 Å². The summed E-state index contributed by atoms with van der Waals surface area (Å²) in [6, 6.07) is 15.4. The third-order valence-corrected chi connectivity index (χ3v) is 5.30. The Labute approximate surface area is 144 Å². The molecule has 120 valence electrons. The van der Waals surface area contributed by atoms with Crippen molar-refractivity contribution in [2.45, 2.75) is 18.8 Å². The predicted molar refractivity (Wildman–Crippen MR) is 92.8 cm³/mol. The van der Waals surface area contributed by atoms with Gasteiger partial charge in [0.25, 0.3) is 5.91 Å². The number of amides is 1. The number of rotatable bonds is 1. The average molecular weight is 337 g/mol. The summed E-state index contributed by atoms with van der Waals surface area (Å²) in [5.74, 6) is 0.235. The van der Waals surface area contributed by atoms with Gasteiger partial charge in [-0.25, -0.2) is 0 Å². The molecule has 0 N–H and O–H groups in total. The second-order valence-electron chi connectivity index (χ2n) is 5.74. The Hall–Kier alpha value is -2.53. The van der Waals surface area contributed by atoms with Crippen molar-refractivity contribution >= 4 is 29.4 Å². The van der Waals surface area contributed by atoms with Gasteiger partial charge in [0.15, 0.2) is 0 Å². The number of fused-ring (bicyclic) bond motifs is 4. The van der Waals surface area contributed by atoms with E-state index in [0.717, 1.165) is 22.3 Å². The third kappa shape index (κ3) is 2.41. The van der Waals surface area contributed by atoms with Crippen molar-refractivity contribution in [2.75, 3.05) is 0 Å². The molecule has 0 spiro atoms. The summed E-state index contributed by atoms with van der Waals surface area (Å²) in [5.41, 5.74) is 3.57. The molecular weight excluding hydrogens is 322 g/mol. The lowest BCUT2D eigenvalue weighted by Crippen LogP contribution is -2.27. The molecule has 0 saturated heterocycles. The fraction of sp³-hybridized carbons (Fsp3) is 0.158. The van der Waals surface area contributed by atoms with Crippen LogP contribution in [0.1, 0.15) is 39.3 Å². The largest absolute Gasteiger partial charge is 0.426 e. The van der Waals surface area contributed by atoms with Crippen molar-refractivity contribution in [3.05, 3.63) is 76.2 Å². The van der Waals surface area contributed by atoms with Gasteiger partial charge in [0.1, 0.15) is 11.1 Å². The Morgan fingerprint density at radius 2 is 1.83 bits per heavy atom. The highest BCUT2D eigenvalue weighted by Gasteiger charge is 2.37. The molecule has 1 atom stereocenters. The summed E-state index contributed by atoms with van der Waals surface area (Å²) >= 11 is 1.49. The fourth-order valence-electron chi connectivity index (χ4n) is 3.14. The number of benzene rings is 2. The van der Waals surface area contributed by atoms with E-state index in [1.165, 1.54) is 18.7 Å². The number of carbonyl (C=O) groups excluding carboxylic acids is 2. The smallest absolute Gasteiger partial charge is 0.308 e. The molecule has 2 aromatic carbocycles. The maximum absolute atomic E-state index is 12.8. The molecule has 2 heterocycles. The SMILES string of the molecule is CC(=O)OC1=CS[C@H]2c3ccccc3C(=O)N2Cc2ccccc21. The first-order chi connectivity index (χ1) is 11.6. The van der Waals surface area contributed by atoms with E-state index in [4.69, 9.17) is 4.74 Å². The number of esters is 1. The van der Waals surface area contributed by atoms with Crippen LogP contribution >= 0.6 is 11.8 Å². The van der Waals surface area contributed by atoms with E-state index >= 15 is 0 Å². The lowest BCUT2D eigenvalue weighted by Gasteiger charge is -2.27. The molecule has 2 aliphatic heterocycles. The highest BCUT2D eigenvalue weighted by molar-refractivity contribution is 8.02. The van der Waals surface area contributed by atoms with Crippen molar-refractivity contribution < 1.29 is 14.3 Å². The van der Waals surface area contributed by atoms with Gasteiger partial charge in [-0.15, -0.1) is 11.8 Å². The molecule has 2 aliphatic rings. The molecule has 0 fully saturated rings. The Morgan fingerprint density at radius 3 is 2.62 bits per heavy atom. The van der Waals surface area contributed by atoms with E-state index in [1.807, 2.05) is 58.8 Å². The minimum absolute atomic E-state index is 0.0437. The summed E-state index contributed by atoms with van der Waals surface area (Å²) in [6.07, 6.45) is 0. The first-order valence-corrected chi connectivity index (χ1v) is 8.61. The normalized spacial score (nSPS) is 18.7. The molecule has 0 bridgehead atoms. The van der Waals surface area contributed by atoms with Crippen LogP contribution in [-0.2, 0) is 16.1 Å². The van der Waals surface area contributed by atoms with Gasteiger partial charge in [-0.1, -0.05) is 42.5 Å². The average Bonchev–Trinajstić information content (AvgIpc) is 2.82. The van der Waals surface area contributed by atoms with E-state index in [2.05, 4.69) is 0 Å². The molecule has 0 aromatic heterocycles. The molecule has 4 rings (SSSR count). The molecule has 1 amide bonds. The van der Waals surface area contributed by atoms with E-state index in [9.17, 15) is 9.59 Å². The van der Waals surface area contributed by atoms with Gasteiger partial charge in [0, 0.05) is 30.0 Å². The highest BCUT2D eigenvalue weighted by atomic mass is 32.2. The number of hydrogen-bond acceptors (Lipinski definition) is 4. The van der Waals surface area contributed by atoms with E-state index in [1.54, 1.807) is 0 Å². The molecule has 0 saturated carbocycles. The van der Waals surface area contributed by atoms with Crippen LogP contribution < -0.4 is 0 Å². The summed E-state index contributed by atoms with van der Waals surface area (Å²) < 4.78 is 5.41. The van der Waals surface area contributed by atoms with Gasteiger partial charge in [-0.2, -0.15) is 0 Å². The predicted octanol–water partition coefficient (Wildman–Crippen LogP) is 3.95. The van der Waals surface area contributed by atoms with Crippen LogP contribution in [0.2, 0.25) is 0 Å². The topological polar surface area (TPSA) is 46.6 Å². The highest BCUT2D eigenvalue weighted by Crippen LogP contribution is 2.45. The summed E-state index contributed by atoms with van der Waals surface area (Å²) in [7, 11) is 0. The van der Waals surface area contributed by atoms with E-state index < -0.39 is 0 Å². The molecule has 2 aromatic rings. The van der Waals surface area contributed by atoms with E-state index in [-0.39, 0.29) is 17.3 Å². The van der Waals surface area contributed by atoms with Crippen LogP contribution in [0.4, 0.5) is 0 Å². The molecule has 0 radical (unpaired) electrons. The van der Waals surface area contributed by atoms with Crippen molar-refractivity contribution in [1.29, 1.82) is 0 Å². The van der Waals surface area contributed by atoms with Gasteiger partial charge in [-0.05, 0) is 17.2 Å². The molecular formula is C19H15NO3S. The van der Waals surface area contributed by atoms with Crippen LogP contribution in [0, 0.1) is 0 Å². The zero-order valence-corrected chi connectivity index (χ0v) is 13.9. The molecule has 4 nitrogen and oxygen atoms in total. The zero-order chi connectivity index (χ0) is 16.7.